The molecule has 5 N–H and O–H groups in total. The van der Waals surface area contributed by atoms with Gasteiger partial charge >= 0.3 is 6.03 Å². The summed E-state index contributed by atoms with van der Waals surface area (Å²) >= 11 is 0. The van der Waals surface area contributed by atoms with Crippen LogP contribution in [0.5, 0.6) is 0 Å². The van der Waals surface area contributed by atoms with Crippen LogP contribution in [0.1, 0.15) is 40.0 Å². The first-order valence-electron chi connectivity index (χ1n) is 11.6. The summed E-state index contributed by atoms with van der Waals surface area (Å²) in [5.74, 6) is 1.88. The van der Waals surface area contributed by atoms with Gasteiger partial charge in [-0.1, -0.05) is 6.08 Å². The molecule has 2 aliphatic heterocycles. The molecule has 10 nitrogen and oxygen atoms in total. The zero-order valence-corrected chi connectivity index (χ0v) is 19.4. The van der Waals surface area contributed by atoms with E-state index in [2.05, 4.69) is 70.1 Å². The predicted octanol–water partition coefficient (Wildman–Crippen LogP) is 1.29. The number of aliphatic imine (C=N–C) groups is 1. The molecule has 0 radical (unpaired) electrons. The third kappa shape index (κ3) is 6.74. The molecule has 0 aromatic carbocycles. The average molecular weight is 444 g/mol. The molecule has 32 heavy (non-hydrogen) atoms. The fourth-order valence-corrected chi connectivity index (χ4v) is 3.43. The van der Waals surface area contributed by atoms with Crippen LogP contribution in [0.2, 0.25) is 0 Å². The average Bonchev–Trinajstić information content (AvgIpc) is 3.55. The van der Waals surface area contributed by atoms with Gasteiger partial charge in [0, 0.05) is 69.9 Å². The first-order chi connectivity index (χ1) is 15.5. The van der Waals surface area contributed by atoms with Crippen molar-refractivity contribution in [3.8, 4) is 0 Å². The molecule has 0 aromatic heterocycles. The maximum Gasteiger partial charge on any atom is 0.320 e. The molecular weight excluding hydrogens is 406 g/mol. The molecule has 176 valence electrons. The lowest BCUT2D eigenvalue weighted by Crippen LogP contribution is -2.39. The van der Waals surface area contributed by atoms with Crippen LogP contribution in [0.15, 0.2) is 46.2 Å². The Bertz CT molecular complexity index is 797. The SMILES string of the molecule is CCN=C(/C=C(/NC1CC1)N(CC)/N=C\C/C=C1\NC(=O)NC1N)N1C=CN(CC)CC1. The van der Waals surface area contributed by atoms with E-state index in [0.29, 0.717) is 24.7 Å². The molecule has 3 aliphatic rings. The Labute approximate surface area is 191 Å². The van der Waals surface area contributed by atoms with Crippen LogP contribution in [0.4, 0.5) is 4.79 Å². The normalized spacial score (nSPS) is 23.2. The Morgan fingerprint density at radius 2 is 2.12 bits per heavy atom. The Kier molecular flexibility index (Phi) is 8.55. The van der Waals surface area contributed by atoms with Crippen molar-refractivity contribution in [2.75, 3.05) is 32.7 Å². The van der Waals surface area contributed by atoms with E-state index in [1.54, 1.807) is 0 Å². The van der Waals surface area contributed by atoms with Crippen molar-refractivity contribution in [1.29, 1.82) is 0 Å². The summed E-state index contributed by atoms with van der Waals surface area (Å²) in [5.41, 5.74) is 6.53. The van der Waals surface area contributed by atoms with E-state index in [1.807, 2.05) is 17.3 Å². The molecule has 2 amide bonds. The number of likely N-dealkylation sites (N-methyl/N-ethyl adjacent to an activating group) is 1. The third-order valence-electron chi connectivity index (χ3n) is 5.42. The highest BCUT2D eigenvalue weighted by atomic mass is 16.2. The van der Waals surface area contributed by atoms with E-state index in [9.17, 15) is 4.79 Å². The van der Waals surface area contributed by atoms with E-state index in [-0.39, 0.29) is 6.03 Å². The molecule has 1 saturated heterocycles. The first-order valence-corrected chi connectivity index (χ1v) is 11.6. The fourth-order valence-electron chi connectivity index (χ4n) is 3.43. The minimum absolute atomic E-state index is 0.272. The van der Waals surface area contributed by atoms with Crippen molar-refractivity contribution in [2.45, 2.75) is 52.2 Å². The Morgan fingerprint density at radius 3 is 2.69 bits per heavy atom. The van der Waals surface area contributed by atoms with Crippen LogP contribution in [-0.4, -0.2) is 77.8 Å². The summed E-state index contributed by atoms with van der Waals surface area (Å²) in [4.78, 5) is 20.6. The number of rotatable bonds is 10. The quantitative estimate of drug-likeness (QED) is 0.230. The predicted molar refractivity (Wildman–Crippen MR) is 129 cm³/mol. The summed E-state index contributed by atoms with van der Waals surface area (Å²) in [5, 5.41) is 15.5. The second-order valence-electron chi connectivity index (χ2n) is 7.89. The second-order valence-corrected chi connectivity index (χ2v) is 7.89. The monoisotopic (exact) mass is 443 g/mol. The van der Waals surface area contributed by atoms with E-state index in [1.165, 1.54) is 12.8 Å². The van der Waals surface area contributed by atoms with Crippen LogP contribution in [0.25, 0.3) is 0 Å². The molecule has 1 saturated carbocycles. The lowest BCUT2D eigenvalue weighted by molar-refractivity contribution is 0.247. The van der Waals surface area contributed by atoms with Gasteiger partial charge in [-0.05, 0) is 33.6 Å². The van der Waals surface area contributed by atoms with Crippen LogP contribution < -0.4 is 21.7 Å². The highest BCUT2D eigenvalue weighted by Crippen LogP contribution is 2.21. The van der Waals surface area contributed by atoms with Gasteiger partial charge in [-0.2, -0.15) is 5.10 Å². The number of urea groups is 1. The molecule has 10 heteroatoms. The molecule has 3 rings (SSSR count). The minimum atomic E-state index is -0.487. The van der Waals surface area contributed by atoms with Crippen LogP contribution >= 0.6 is 0 Å². The van der Waals surface area contributed by atoms with Gasteiger partial charge in [-0.3, -0.25) is 10.0 Å². The van der Waals surface area contributed by atoms with Crippen molar-refractivity contribution >= 4 is 18.1 Å². The van der Waals surface area contributed by atoms with Gasteiger partial charge in [0.15, 0.2) is 0 Å². The third-order valence-corrected chi connectivity index (χ3v) is 5.42. The highest BCUT2D eigenvalue weighted by Gasteiger charge is 2.25. The molecular formula is C22H37N9O. The lowest BCUT2D eigenvalue weighted by Gasteiger charge is -2.31. The number of nitrogens with one attached hydrogen (secondary N) is 3. The standard InChI is InChI=1S/C22H37N9O/c1-4-24-19(30-14-12-29(5-2)13-15-30)16-20(26-17-9-10-17)31(6-3)25-11-7-8-18-21(23)28-22(32)27-18/h8,11-12,14,16-17,21,26H,4-7,9-10,13,15,23H2,1-3H3,(H2,27,28,32)/b18-8-,20-16-,24-19?,25-11-. The zero-order valence-electron chi connectivity index (χ0n) is 19.4. The minimum Gasteiger partial charge on any atom is -0.375 e. The number of hydrogen-bond acceptors (Lipinski definition) is 7. The number of allylic oxidation sites excluding steroid dienone is 1. The summed E-state index contributed by atoms with van der Waals surface area (Å²) in [6.07, 6.45) is 12.5. The number of amidine groups is 1. The van der Waals surface area contributed by atoms with E-state index >= 15 is 0 Å². The smallest absolute Gasteiger partial charge is 0.320 e. The van der Waals surface area contributed by atoms with Gasteiger partial charge in [-0.15, -0.1) is 0 Å². The summed E-state index contributed by atoms with van der Waals surface area (Å²) in [6, 6.07) is 0.215. The van der Waals surface area contributed by atoms with Crippen molar-refractivity contribution in [1.82, 2.24) is 30.8 Å². The lowest BCUT2D eigenvalue weighted by atomic mass is 10.3. The van der Waals surface area contributed by atoms with Crippen molar-refractivity contribution in [2.24, 2.45) is 15.8 Å². The Hall–Kier alpha value is -3.01. The maximum absolute atomic E-state index is 11.3. The molecule has 0 spiro atoms. The van der Waals surface area contributed by atoms with Crippen LogP contribution in [0.3, 0.4) is 0 Å². The van der Waals surface area contributed by atoms with Crippen LogP contribution in [0, 0.1) is 0 Å². The van der Waals surface area contributed by atoms with E-state index in [4.69, 9.17) is 10.7 Å². The van der Waals surface area contributed by atoms with Gasteiger partial charge < -0.3 is 31.5 Å². The largest absolute Gasteiger partial charge is 0.375 e. The van der Waals surface area contributed by atoms with Gasteiger partial charge in [0.25, 0.3) is 0 Å². The van der Waals surface area contributed by atoms with Gasteiger partial charge in [0.2, 0.25) is 0 Å². The first kappa shape index (κ1) is 23.6. The zero-order chi connectivity index (χ0) is 22.9. The van der Waals surface area contributed by atoms with Gasteiger partial charge in [0.05, 0.1) is 5.70 Å². The number of hydrogen-bond donors (Lipinski definition) is 4. The number of carbonyl (C=O) groups is 1. The van der Waals surface area contributed by atoms with Crippen molar-refractivity contribution in [3.05, 3.63) is 36.1 Å². The number of hydrazone groups is 1. The Morgan fingerprint density at radius 1 is 1.31 bits per heavy atom. The number of nitrogens with two attached hydrogens (primary N) is 1. The van der Waals surface area contributed by atoms with Crippen molar-refractivity contribution in [3.63, 3.8) is 0 Å². The molecule has 2 fully saturated rings. The fraction of sp³-hybridized carbons (Fsp3) is 0.591. The molecule has 0 bridgehead atoms. The number of amides is 2. The number of carbonyl (C=O) groups excluding carboxylic acids is 1. The highest BCUT2D eigenvalue weighted by molar-refractivity contribution is 5.94. The molecule has 1 atom stereocenters. The molecule has 2 heterocycles. The molecule has 0 aromatic rings. The van der Waals surface area contributed by atoms with Gasteiger partial charge in [-0.25, -0.2) is 4.79 Å². The summed E-state index contributed by atoms with van der Waals surface area (Å²) < 4.78 is 0. The van der Waals surface area contributed by atoms with Crippen LogP contribution in [-0.2, 0) is 0 Å². The number of nitrogens with zero attached hydrogens (tertiary/aromatic N) is 5. The molecule has 1 unspecified atom stereocenters. The second kappa shape index (κ2) is 11.6. The van der Waals surface area contributed by atoms with Gasteiger partial charge in [0.1, 0.15) is 17.8 Å². The Balaban J connectivity index is 1.73. The summed E-state index contributed by atoms with van der Waals surface area (Å²) in [6.45, 7) is 10.6. The van der Waals surface area contributed by atoms with E-state index < -0.39 is 6.17 Å². The topological polar surface area (TPSA) is 114 Å². The molecule has 1 aliphatic carbocycles. The maximum atomic E-state index is 11.3. The summed E-state index contributed by atoms with van der Waals surface area (Å²) in [7, 11) is 0. The van der Waals surface area contributed by atoms with Crippen molar-refractivity contribution < 1.29 is 4.79 Å². The van der Waals surface area contributed by atoms with E-state index in [0.717, 1.165) is 37.8 Å².